The summed E-state index contributed by atoms with van der Waals surface area (Å²) in [5, 5.41) is 14.2. The molecule has 82 valence electrons. The molecule has 0 aliphatic carbocycles. The van der Waals surface area contributed by atoms with Crippen LogP contribution in [0.3, 0.4) is 0 Å². The molecule has 0 radical (unpaired) electrons. The maximum atomic E-state index is 10.8. The van der Waals surface area contributed by atoms with E-state index in [-0.39, 0.29) is 5.91 Å². The summed E-state index contributed by atoms with van der Waals surface area (Å²) in [6.07, 6.45) is 0. The SMILES string of the molecule is CC(=O)Nc1ccc(C)c(SOOO)c1. The third-order valence-electron chi connectivity index (χ3n) is 1.66. The molecule has 6 heteroatoms. The van der Waals surface area contributed by atoms with Gasteiger partial charge in [0.25, 0.3) is 0 Å². The molecule has 0 saturated carbocycles. The van der Waals surface area contributed by atoms with Gasteiger partial charge in [0.1, 0.15) is 0 Å². The first kappa shape index (κ1) is 12.0. The third-order valence-corrected chi connectivity index (χ3v) is 2.41. The van der Waals surface area contributed by atoms with Gasteiger partial charge in [0.2, 0.25) is 5.91 Å². The fraction of sp³-hybridized carbons (Fsp3) is 0.222. The predicted octanol–water partition coefficient (Wildman–Crippen LogP) is 2.38. The smallest absolute Gasteiger partial charge is 0.221 e. The molecule has 1 rings (SSSR count). The van der Waals surface area contributed by atoms with Crippen LogP contribution < -0.4 is 5.32 Å². The Morgan fingerprint density at radius 1 is 1.53 bits per heavy atom. The summed E-state index contributed by atoms with van der Waals surface area (Å²) in [7, 11) is 0. The van der Waals surface area contributed by atoms with Crippen LogP contribution in [0, 0.1) is 6.92 Å². The van der Waals surface area contributed by atoms with Crippen LogP contribution in [0.4, 0.5) is 5.69 Å². The van der Waals surface area contributed by atoms with Crippen molar-refractivity contribution in [1.29, 1.82) is 0 Å². The topological polar surface area (TPSA) is 67.8 Å². The number of amides is 1. The minimum absolute atomic E-state index is 0.144. The zero-order valence-electron chi connectivity index (χ0n) is 8.31. The van der Waals surface area contributed by atoms with Crippen molar-refractivity contribution in [1.82, 2.24) is 0 Å². The van der Waals surface area contributed by atoms with E-state index in [4.69, 9.17) is 5.26 Å². The van der Waals surface area contributed by atoms with Gasteiger partial charge in [-0.05, 0) is 24.6 Å². The molecule has 0 atom stereocenters. The lowest BCUT2D eigenvalue weighted by Gasteiger charge is -2.06. The Balaban J connectivity index is 2.79. The van der Waals surface area contributed by atoms with Crippen molar-refractivity contribution in [2.45, 2.75) is 18.7 Å². The first-order chi connectivity index (χ1) is 7.13. The molecule has 1 amide bonds. The maximum Gasteiger partial charge on any atom is 0.221 e. The van der Waals surface area contributed by atoms with Gasteiger partial charge in [0.15, 0.2) is 0 Å². The molecular formula is C9H11NO4S. The Morgan fingerprint density at radius 3 is 2.87 bits per heavy atom. The lowest BCUT2D eigenvalue weighted by molar-refractivity contribution is -0.432. The third kappa shape index (κ3) is 3.88. The van der Waals surface area contributed by atoms with Gasteiger partial charge in [-0.2, -0.15) is 0 Å². The van der Waals surface area contributed by atoms with Crippen LogP contribution in [0.2, 0.25) is 0 Å². The molecule has 1 aromatic carbocycles. The lowest BCUT2D eigenvalue weighted by Crippen LogP contribution is -2.05. The number of hydrogen-bond acceptors (Lipinski definition) is 5. The summed E-state index contributed by atoms with van der Waals surface area (Å²) in [5.41, 5.74) is 1.61. The van der Waals surface area contributed by atoms with Crippen LogP contribution in [0.15, 0.2) is 23.1 Å². The van der Waals surface area contributed by atoms with E-state index in [1.165, 1.54) is 6.92 Å². The second kappa shape index (κ2) is 5.72. The molecule has 0 aliphatic heterocycles. The number of carbonyl (C=O) groups excluding carboxylic acids is 1. The second-order valence-electron chi connectivity index (χ2n) is 2.89. The number of carbonyl (C=O) groups is 1. The fourth-order valence-corrected chi connectivity index (χ4v) is 1.50. The van der Waals surface area contributed by atoms with Gasteiger partial charge in [-0.3, -0.25) is 4.79 Å². The van der Waals surface area contributed by atoms with E-state index in [2.05, 4.69) is 14.7 Å². The normalized spacial score (nSPS) is 10.1. The highest BCUT2D eigenvalue weighted by molar-refractivity contribution is 7.94. The zero-order valence-corrected chi connectivity index (χ0v) is 9.13. The number of aryl methyl sites for hydroxylation is 1. The molecule has 0 aromatic heterocycles. The molecule has 0 saturated heterocycles. The Bertz CT molecular complexity index is 356. The average Bonchev–Trinajstić information content (AvgIpc) is 2.18. The number of nitrogens with one attached hydrogen (secondary N) is 1. The number of anilines is 1. The highest BCUT2D eigenvalue weighted by Crippen LogP contribution is 2.26. The van der Waals surface area contributed by atoms with Crippen molar-refractivity contribution in [2.75, 3.05) is 5.32 Å². The fourth-order valence-electron chi connectivity index (χ4n) is 1.02. The lowest BCUT2D eigenvalue weighted by atomic mass is 10.2. The van der Waals surface area contributed by atoms with Gasteiger partial charge >= 0.3 is 0 Å². The highest BCUT2D eigenvalue weighted by atomic mass is 32.2. The van der Waals surface area contributed by atoms with E-state index >= 15 is 0 Å². The van der Waals surface area contributed by atoms with Crippen LogP contribution in [0.5, 0.6) is 0 Å². The van der Waals surface area contributed by atoms with E-state index in [1.807, 2.05) is 13.0 Å². The van der Waals surface area contributed by atoms with E-state index in [0.717, 1.165) is 22.5 Å². The van der Waals surface area contributed by atoms with Gasteiger partial charge < -0.3 is 5.32 Å². The number of benzene rings is 1. The average molecular weight is 229 g/mol. The van der Waals surface area contributed by atoms with Crippen molar-refractivity contribution in [2.24, 2.45) is 0 Å². The second-order valence-corrected chi connectivity index (χ2v) is 3.63. The zero-order chi connectivity index (χ0) is 11.3. The van der Waals surface area contributed by atoms with Crippen LogP contribution >= 0.6 is 12.0 Å². The first-order valence-electron chi connectivity index (χ1n) is 4.16. The quantitative estimate of drug-likeness (QED) is 0.471. The van der Waals surface area contributed by atoms with Gasteiger partial charge in [-0.25, -0.2) is 5.26 Å². The largest absolute Gasteiger partial charge is 0.326 e. The predicted molar refractivity (Wildman–Crippen MR) is 56.1 cm³/mol. The molecule has 15 heavy (non-hydrogen) atoms. The molecule has 0 aliphatic rings. The monoisotopic (exact) mass is 229 g/mol. The number of rotatable bonds is 4. The van der Waals surface area contributed by atoms with Crippen LogP contribution in [-0.2, 0) is 14.2 Å². The molecule has 2 N–H and O–H groups in total. The Morgan fingerprint density at radius 2 is 2.27 bits per heavy atom. The van der Waals surface area contributed by atoms with E-state index < -0.39 is 0 Å². The molecule has 5 nitrogen and oxygen atoms in total. The highest BCUT2D eigenvalue weighted by Gasteiger charge is 2.03. The van der Waals surface area contributed by atoms with Gasteiger partial charge in [0.05, 0.1) is 12.0 Å². The molecule has 0 spiro atoms. The van der Waals surface area contributed by atoms with E-state index in [1.54, 1.807) is 12.1 Å². The Kier molecular flexibility index (Phi) is 4.57. The van der Waals surface area contributed by atoms with Crippen molar-refractivity contribution in [3.05, 3.63) is 23.8 Å². The van der Waals surface area contributed by atoms with Crippen LogP contribution in [0.25, 0.3) is 0 Å². The summed E-state index contributed by atoms with van der Waals surface area (Å²) < 4.78 is 4.32. The molecular weight excluding hydrogens is 218 g/mol. The summed E-state index contributed by atoms with van der Waals surface area (Å²) in [5.74, 6) is -0.144. The first-order valence-corrected chi connectivity index (χ1v) is 4.90. The van der Waals surface area contributed by atoms with Crippen LogP contribution in [-0.4, -0.2) is 11.2 Å². The Labute approximate surface area is 91.4 Å². The summed E-state index contributed by atoms with van der Waals surface area (Å²) in [4.78, 5) is 11.6. The maximum absolute atomic E-state index is 10.8. The minimum atomic E-state index is -0.144. The molecule has 0 unspecified atom stereocenters. The molecule has 0 fully saturated rings. The molecule has 1 aromatic rings. The van der Waals surface area contributed by atoms with Crippen LogP contribution in [0.1, 0.15) is 12.5 Å². The minimum Gasteiger partial charge on any atom is -0.326 e. The summed E-state index contributed by atoms with van der Waals surface area (Å²) in [6.45, 7) is 3.31. The summed E-state index contributed by atoms with van der Waals surface area (Å²) in [6, 6.07) is 5.33. The van der Waals surface area contributed by atoms with E-state index in [9.17, 15) is 4.79 Å². The van der Waals surface area contributed by atoms with Crippen molar-refractivity contribution < 1.29 is 19.4 Å². The molecule has 0 bridgehead atoms. The van der Waals surface area contributed by atoms with Gasteiger partial charge in [0, 0.05) is 17.5 Å². The number of hydrogen-bond donors (Lipinski definition) is 2. The van der Waals surface area contributed by atoms with Gasteiger partial charge in [-0.1, -0.05) is 11.1 Å². The van der Waals surface area contributed by atoms with Crippen molar-refractivity contribution >= 4 is 23.6 Å². The standard InChI is InChI=1S/C9H11NO4S/c1-6-3-4-8(10-7(2)11)5-9(6)15-14-13-12/h3-5,12H,1-2H3,(H,10,11). The summed E-state index contributed by atoms with van der Waals surface area (Å²) >= 11 is 0.865. The Hall–Kier alpha value is -1.08. The van der Waals surface area contributed by atoms with E-state index in [0.29, 0.717) is 5.69 Å². The van der Waals surface area contributed by atoms with Crippen molar-refractivity contribution in [3.63, 3.8) is 0 Å². The molecule has 0 heterocycles. The van der Waals surface area contributed by atoms with Gasteiger partial charge in [-0.15, -0.1) is 4.33 Å². The van der Waals surface area contributed by atoms with Crippen molar-refractivity contribution in [3.8, 4) is 0 Å².